The second kappa shape index (κ2) is 11.1. The lowest BCUT2D eigenvalue weighted by atomic mass is 10.0. The van der Waals surface area contributed by atoms with Gasteiger partial charge < -0.3 is 36.2 Å². The van der Waals surface area contributed by atoms with E-state index in [1.165, 1.54) is 11.3 Å². The molecular weight excluding hydrogens is 486 g/mol. The molecule has 1 aromatic carbocycles. The van der Waals surface area contributed by atoms with Crippen molar-refractivity contribution in [3.63, 3.8) is 0 Å². The van der Waals surface area contributed by atoms with Gasteiger partial charge in [0.05, 0.1) is 39.1 Å². The highest BCUT2D eigenvalue weighted by molar-refractivity contribution is 7.13. The first-order chi connectivity index (χ1) is 17.3. The minimum Gasteiger partial charge on any atom is -0.433 e. The summed E-state index contributed by atoms with van der Waals surface area (Å²) in [5.41, 5.74) is 9.36. The number of hydrogen-bond acceptors (Lipinski definition) is 10. The van der Waals surface area contributed by atoms with E-state index in [-0.39, 0.29) is 17.1 Å². The van der Waals surface area contributed by atoms with Crippen LogP contribution < -0.4 is 31.3 Å². The van der Waals surface area contributed by atoms with Gasteiger partial charge in [-0.05, 0) is 50.5 Å². The molecule has 194 valence electrons. The van der Waals surface area contributed by atoms with Crippen molar-refractivity contribution < 1.29 is 13.5 Å². The zero-order valence-corrected chi connectivity index (χ0v) is 21.3. The van der Waals surface area contributed by atoms with Crippen LogP contribution in [0.2, 0.25) is 0 Å². The highest BCUT2D eigenvalue weighted by atomic mass is 32.1. The predicted octanol–water partition coefficient (Wildman–Crippen LogP) is 3.83. The number of thiophene rings is 1. The standard InChI is InChI=1S/C24H32F2N8OS/c1-29-17-7-11-36-22(17)21(28)16-4-8-30-24(31-16)32-18-12-15(27)19(13-20(18)35-23(25)26)34-9-5-14(6-10-34)33(2)3/h4,7-8,11-14,23-24,28-30,32H,5-6,9-10,27H2,1-3H3. The lowest BCUT2D eigenvalue weighted by Gasteiger charge is -2.37. The average molecular weight is 519 g/mol. The summed E-state index contributed by atoms with van der Waals surface area (Å²) in [7, 11) is 5.92. The Bertz CT molecular complexity index is 1140. The Balaban J connectivity index is 1.55. The largest absolute Gasteiger partial charge is 0.433 e. The number of aliphatic imine (C=N–C) groups is 1. The van der Waals surface area contributed by atoms with E-state index in [1.54, 1.807) is 31.5 Å². The summed E-state index contributed by atoms with van der Waals surface area (Å²) < 4.78 is 31.5. The zero-order chi connectivity index (χ0) is 25.8. The lowest BCUT2D eigenvalue weighted by molar-refractivity contribution is -0.0493. The van der Waals surface area contributed by atoms with Crippen LogP contribution in [0.3, 0.4) is 0 Å². The van der Waals surface area contributed by atoms with Crippen molar-refractivity contribution in [2.45, 2.75) is 31.8 Å². The molecule has 1 aromatic heterocycles. The summed E-state index contributed by atoms with van der Waals surface area (Å²) in [6.07, 6.45) is 4.58. The highest BCUT2D eigenvalue weighted by Gasteiger charge is 2.25. The van der Waals surface area contributed by atoms with Gasteiger partial charge in [0, 0.05) is 38.4 Å². The monoisotopic (exact) mass is 518 g/mol. The van der Waals surface area contributed by atoms with Gasteiger partial charge in [-0.3, -0.25) is 5.41 Å². The Morgan fingerprint density at radius 1 is 1.31 bits per heavy atom. The van der Waals surface area contributed by atoms with Crippen molar-refractivity contribution >= 4 is 45.5 Å². The first-order valence-electron chi connectivity index (χ1n) is 11.7. The maximum Gasteiger partial charge on any atom is 0.387 e. The van der Waals surface area contributed by atoms with Crippen LogP contribution in [0, 0.1) is 5.41 Å². The van der Waals surface area contributed by atoms with Gasteiger partial charge in [0.25, 0.3) is 0 Å². The Kier molecular flexibility index (Phi) is 7.94. The molecule has 1 unspecified atom stereocenters. The molecule has 36 heavy (non-hydrogen) atoms. The molecule has 6 N–H and O–H groups in total. The van der Waals surface area contributed by atoms with Crippen molar-refractivity contribution in [3.05, 3.63) is 40.7 Å². The van der Waals surface area contributed by atoms with Crippen LogP contribution in [0.15, 0.2) is 40.8 Å². The predicted molar refractivity (Wildman–Crippen MR) is 144 cm³/mol. The first kappa shape index (κ1) is 25.7. The van der Waals surface area contributed by atoms with E-state index in [9.17, 15) is 8.78 Å². The quantitative estimate of drug-likeness (QED) is 0.253. The summed E-state index contributed by atoms with van der Waals surface area (Å²) in [5, 5.41) is 19.7. The van der Waals surface area contributed by atoms with E-state index in [0.29, 0.717) is 23.1 Å². The van der Waals surface area contributed by atoms with Crippen molar-refractivity contribution in [2.75, 3.05) is 55.5 Å². The number of allylic oxidation sites excluding steroid dienone is 1. The number of anilines is 4. The number of nitrogen functional groups attached to an aromatic ring is 1. The number of nitrogens with zero attached hydrogens (tertiary/aromatic N) is 3. The Morgan fingerprint density at radius 3 is 2.72 bits per heavy atom. The number of ether oxygens (including phenoxy) is 1. The number of benzene rings is 1. The molecule has 0 saturated carbocycles. The van der Waals surface area contributed by atoms with Gasteiger partial charge in [0.15, 0.2) is 12.0 Å². The summed E-state index contributed by atoms with van der Waals surface area (Å²) in [4.78, 5) is 9.63. The van der Waals surface area contributed by atoms with Gasteiger partial charge in [0.1, 0.15) is 0 Å². The number of halogens is 2. The summed E-state index contributed by atoms with van der Waals surface area (Å²) in [6.45, 7) is -1.45. The number of hydrogen-bond donors (Lipinski definition) is 5. The maximum absolute atomic E-state index is 13.3. The smallest absolute Gasteiger partial charge is 0.387 e. The van der Waals surface area contributed by atoms with Gasteiger partial charge >= 0.3 is 6.61 Å². The van der Waals surface area contributed by atoms with Crippen LogP contribution in [-0.2, 0) is 0 Å². The van der Waals surface area contributed by atoms with Crippen molar-refractivity contribution in [1.29, 1.82) is 5.41 Å². The molecule has 2 aromatic rings. The molecule has 2 aliphatic heterocycles. The topological polar surface area (TPSA) is 114 Å². The molecule has 2 aliphatic rings. The first-order valence-corrected chi connectivity index (χ1v) is 12.6. The third-order valence-corrected chi connectivity index (χ3v) is 7.29. The molecule has 4 rings (SSSR count). The number of alkyl halides is 2. The van der Waals surface area contributed by atoms with Crippen LogP contribution in [0.1, 0.15) is 17.7 Å². The number of rotatable bonds is 9. The second-order valence-electron chi connectivity index (χ2n) is 8.82. The van der Waals surface area contributed by atoms with Crippen LogP contribution in [0.25, 0.3) is 0 Å². The molecule has 0 bridgehead atoms. The number of nitrogens with one attached hydrogen (secondary N) is 4. The van der Waals surface area contributed by atoms with E-state index in [1.807, 2.05) is 11.4 Å². The average Bonchev–Trinajstić information content (AvgIpc) is 3.34. The molecule has 1 atom stereocenters. The highest BCUT2D eigenvalue weighted by Crippen LogP contribution is 2.38. The maximum atomic E-state index is 13.3. The van der Waals surface area contributed by atoms with Crippen molar-refractivity contribution in [3.8, 4) is 5.75 Å². The normalized spacial score (nSPS) is 18.2. The molecular formula is C24H32F2N8OS. The molecule has 1 fully saturated rings. The Morgan fingerprint density at radius 2 is 2.06 bits per heavy atom. The Labute approximate surface area is 213 Å². The fourth-order valence-electron chi connectivity index (χ4n) is 4.41. The van der Waals surface area contributed by atoms with Gasteiger partial charge in [-0.2, -0.15) is 8.78 Å². The van der Waals surface area contributed by atoms with Crippen molar-refractivity contribution in [2.24, 2.45) is 4.99 Å². The minimum absolute atomic E-state index is 0.0113. The molecule has 0 amide bonds. The van der Waals surface area contributed by atoms with E-state index in [2.05, 4.69) is 44.8 Å². The summed E-state index contributed by atoms with van der Waals surface area (Å²) in [6, 6.07) is 5.55. The number of piperidine rings is 1. The van der Waals surface area contributed by atoms with E-state index >= 15 is 0 Å². The number of nitrogens with two attached hydrogens (primary N) is 1. The molecule has 0 radical (unpaired) electrons. The second-order valence-corrected chi connectivity index (χ2v) is 9.73. The third-order valence-electron chi connectivity index (χ3n) is 6.35. The molecule has 0 spiro atoms. The lowest BCUT2D eigenvalue weighted by Crippen LogP contribution is -2.42. The molecule has 0 aliphatic carbocycles. The third kappa shape index (κ3) is 5.71. The Hall–Kier alpha value is -3.38. The minimum atomic E-state index is -2.99. The molecule has 12 heteroatoms. The van der Waals surface area contributed by atoms with Gasteiger partial charge in [-0.1, -0.05) is 0 Å². The molecule has 1 saturated heterocycles. The van der Waals surface area contributed by atoms with Gasteiger partial charge in [0.2, 0.25) is 0 Å². The van der Waals surface area contributed by atoms with E-state index in [4.69, 9.17) is 15.9 Å². The zero-order valence-electron chi connectivity index (χ0n) is 20.5. The van der Waals surface area contributed by atoms with Crippen LogP contribution in [-0.4, -0.2) is 69.5 Å². The van der Waals surface area contributed by atoms with E-state index in [0.717, 1.165) is 36.5 Å². The summed E-state index contributed by atoms with van der Waals surface area (Å²) in [5.74, 6) is -0.0113. The van der Waals surface area contributed by atoms with Crippen molar-refractivity contribution in [1.82, 2.24) is 10.2 Å². The van der Waals surface area contributed by atoms with Crippen LogP contribution in [0.5, 0.6) is 5.75 Å². The van der Waals surface area contributed by atoms with Crippen LogP contribution in [0.4, 0.5) is 31.5 Å². The van der Waals surface area contributed by atoms with Crippen LogP contribution >= 0.6 is 11.3 Å². The van der Waals surface area contributed by atoms with E-state index < -0.39 is 12.9 Å². The van der Waals surface area contributed by atoms with Gasteiger partial charge in [-0.15, -0.1) is 11.3 Å². The van der Waals surface area contributed by atoms with Gasteiger partial charge in [-0.25, -0.2) is 4.99 Å². The fraction of sp³-hybridized carbons (Fsp3) is 0.417. The SMILES string of the molecule is CNc1ccsc1C(=N)C1=NC(Nc2cc(N)c(N3CCC(N(C)C)CC3)cc2OC(F)F)NC=C1. The molecule has 9 nitrogen and oxygen atoms in total. The molecule has 3 heterocycles. The fourth-order valence-corrected chi connectivity index (χ4v) is 5.27. The summed E-state index contributed by atoms with van der Waals surface area (Å²) >= 11 is 1.44.